The summed E-state index contributed by atoms with van der Waals surface area (Å²) in [4.78, 5) is 9.11. The molecule has 1 aliphatic rings. The fraction of sp³-hybridized carbons (Fsp3) is 0.600. The molecule has 1 aromatic heterocycles. The minimum atomic E-state index is 0.167. The van der Waals surface area contributed by atoms with Gasteiger partial charge in [0.25, 0.3) is 5.95 Å². The van der Waals surface area contributed by atoms with Gasteiger partial charge in [-0.1, -0.05) is 26.0 Å². The topological polar surface area (TPSA) is 74.9 Å². The summed E-state index contributed by atoms with van der Waals surface area (Å²) in [6, 6.07) is 6.55. The molecule has 0 radical (unpaired) electrons. The van der Waals surface area contributed by atoms with E-state index in [0.29, 0.717) is 11.8 Å². The van der Waals surface area contributed by atoms with E-state index in [-0.39, 0.29) is 18.6 Å². The average molecular weight is 374 g/mol. The number of methoxy groups -OCH3 is 1. The average Bonchev–Trinajstić information content (AvgIpc) is 3.14. The lowest BCUT2D eigenvalue weighted by Crippen LogP contribution is -2.53. The number of benzene rings is 1. The second kappa shape index (κ2) is 8.71. The summed E-state index contributed by atoms with van der Waals surface area (Å²) < 4.78 is 10.7. The summed E-state index contributed by atoms with van der Waals surface area (Å²) in [5.74, 6) is 2.45. The third-order valence-corrected chi connectivity index (χ3v) is 5.12. The van der Waals surface area contributed by atoms with Gasteiger partial charge in [-0.3, -0.25) is 4.90 Å². The molecule has 0 bridgehead atoms. The number of aliphatic hydroxyl groups is 1. The predicted octanol–water partition coefficient (Wildman–Crippen LogP) is 2.58. The number of aryl methyl sites for hydroxylation is 1. The SMILES string of the molecule is COc1ccc(CN2CCN(c3noc(C(C)C)n3)C[C@@H]2CCO)cc1C. The molecule has 3 rings (SSSR count). The van der Waals surface area contributed by atoms with Crippen molar-refractivity contribution >= 4 is 5.95 Å². The van der Waals surface area contributed by atoms with E-state index in [1.54, 1.807) is 7.11 Å². The molecule has 1 fully saturated rings. The van der Waals surface area contributed by atoms with Crippen LogP contribution in [0.1, 0.15) is 43.2 Å². The van der Waals surface area contributed by atoms with E-state index in [2.05, 4.69) is 39.0 Å². The maximum Gasteiger partial charge on any atom is 0.266 e. The van der Waals surface area contributed by atoms with Crippen molar-refractivity contribution in [3.63, 3.8) is 0 Å². The molecule has 7 nitrogen and oxygen atoms in total. The van der Waals surface area contributed by atoms with Crippen LogP contribution in [0.25, 0.3) is 0 Å². The summed E-state index contributed by atoms with van der Waals surface area (Å²) in [6.07, 6.45) is 0.723. The Balaban J connectivity index is 1.69. The normalized spacial score (nSPS) is 18.3. The lowest BCUT2D eigenvalue weighted by molar-refractivity contribution is 0.134. The third-order valence-electron chi connectivity index (χ3n) is 5.12. The largest absolute Gasteiger partial charge is 0.496 e. The first-order valence-electron chi connectivity index (χ1n) is 9.58. The number of hydrogen-bond acceptors (Lipinski definition) is 7. The molecule has 2 heterocycles. The van der Waals surface area contributed by atoms with Crippen molar-refractivity contribution in [3.05, 3.63) is 35.2 Å². The molecule has 148 valence electrons. The van der Waals surface area contributed by atoms with Gasteiger partial charge in [0.15, 0.2) is 0 Å². The summed E-state index contributed by atoms with van der Waals surface area (Å²) in [7, 11) is 1.70. The quantitative estimate of drug-likeness (QED) is 0.798. The molecule has 0 unspecified atom stereocenters. The number of nitrogens with zero attached hydrogens (tertiary/aromatic N) is 4. The van der Waals surface area contributed by atoms with Gasteiger partial charge >= 0.3 is 0 Å². The van der Waals surface area contributed by atoms with Gasteiger partial charge in [-0.25, -0.2) is 0 Å². The number of aliphatic hydroxyl groups excluding tert-OH is 1. The van der Waals surface area contributed by atoms with Crippen molar-refractivity contribution < 1.29 is 14.4 Å². The highest BCUT2D eigenvalue weighted by Crippen LogP contribution is 2.24. The van der Waals surface area contributed by atoms with Crippen molar-refractivity contribution in [2.24, 2.45) is 0 Å². The van der Waals surface area contributed by atoms with Crippen molar-refractivity contribution in [2.75, 3.05) is 38.3 Å². The van der Waals surface area contributed by atoms with Crippen LogP contribution in [0, 0.1) is 6.92 Å². The number of aromatic nitrogens is 2. The van der Waals surface area contributed by atoms with Crippen molar-refractivity contribution in [3.8, 4) is 5.75 Å². The molecule has 1 atom stereocenters. The van der Waals surface area contributed by atoms with E-state index in [4.69, 9.17) is 9.26 Å². The molecule has 1 saturated heterocycles. The van der Waals surface area contributed by atoms with Crippen LogP contribution in [0.4, 0.5) is 5.95 Å². The van der Waals surface area contributed by atoms with Crippen molar-refractivity contribution in [2.45, 2.75) is 45.7 Å². The molecule has 1 aliphatic heterocycles. The maximum absolute atomic E-state index is 9.54. The van der Waals surface area contributed by atoms with Crippen LogP contribution in [0.2, 0.25) is 0 Å². The second-order valence-corrected chi connectivity index (χ2v) is 7.47. The smallest absolute Gasteiger partial charge is 0.266 e. The van der Waals surface area contributed by atoms with E-state index in [1.165, 1.54) is 5.56 Å². The number of anilines is 1. The van der Waals surface area contributed by atoms with Crippen molar-refractivity contribution in [1.82, 2.24) is 15.0 Å². The van der Waals surface area contributed by atoms with E-state index >= 15 is 0 Å². The van der Waals surface area contributed by atoms with E-state index in [9.17, 15) is 5.11 Å². The Morgan fingerprint density at radius 2 is 2.15 bits per heavy atom. The zero-order chi connectivity index (χ0) is 19.4. The molecule has 0 saturated carbocycles. The van der Waals surface area contributed by atoms with Gasteiger partial charge < -0.3 is 19.3 Å². The standard InChI is InChI=1S/C20H30N4O3/c1-14(2)19-21-20(22-27-19)24-9-8-23(17(13-24)7-10-25)12-16-5-6-18(26-4)15(3)11-16/h5-6,11,14,17,25H,7-10,12-13H2,1-4H3/t17-/m0/s1. The highest BCUT2D eigenvalue weighted by atomic mass is 16.5. The van der Waals surface area contributed by atoms with Gasteiger partial charge in [-0.15, -0.1) is 0 Å². The number of rotatable bonds is 7. The van der Waals surface area contributed by atoms with Gasteiger partial charge in [0.2, 0.25) is 5.89 Å². The molecule has 0 spiro atoms. The molecule has 27 heavy (non-hydrogen) atoms. The summed E-state index contributed by atoms with van der Waals surface area (Å²) in [5.41, 5.74) is 2.40. The Bertz CT molecular complexity index is 747. The minimum absolute atomic E-state index is 0.167. The van der Waals surface area contributed by atoms with Gasteiger partial charge in [-0.05, 0) is 35.7 Å². The Morgan fingerprint density at radius 3 is 2.78 bits per heavy atom. The number of piperazine rings is 1. The molecule has 0 aliphatic carbocycles. The Kier molecular flexibility index (Phi) is 6.34. The van der Waals surface area contributed by atoms with E-state index < -0.39 is 0 Å². The van der Waals surface area contributed by atoms with Crippen LogP contribution >= 0.6 is 0 Å². The molecule has 7 heteroatoms. The zero-order valence-corrected chi connectivity index (χ0v) is 16.7. The van der Waals surface area contributed by atoms with Crippen LogP contribution in [0.15, 0.2) is 22.7 Å². The first kappa shape index (κ1) is 19.6. The van der Waals surface area contributed by atoms with Crippen LogP contribution in [-0.2, 0) is 6.54 Å². The Labute approximate surface area is 160 Å². The lowest BCUT2D eigenvalue weighted by atomic mass is 10.1. The van der Waals surface area contributed by atoms with Crippen LogP contribution in [-0.4, -0.2) is 59.5 Å². The monoisotopic (exact) mass is 374 g/mol. The second-order valence-electron chi connectivity index (χ2n) is 7.47. The Morgan fingerprint density at radius 1 is 1.33 bits per heavy atom. The van der Waals surface area contributed by atoms with Crippen LogP contribution in [0.5, 0.6) is 5.75 Å². The maximum atomic E-state index is 9.54. The fourth-order valence-electron chi connectivity index (χ4n) is 3.57. The predicted molar refractivity (Wildman–Crippen MR) is 104 cm³/mol. The Hall–Kier alpha value is -2.12. The molecular weight excluding hydrogens is 344 g/mol. The molecule has 1 N–H and O–H groups in total. The lowest BCUT2D eigenvalue weighted by Gasteiger charge is -2.41. The number of ether oxygens (including phenoxy) is 1. The van der Waals surface area contributed by atoms with Gasteiger partial charge in [0.1, 0.15) is 5.75 Å². The molecule has 0 amide bonds. The molecule has 2 aromatic rings. The van der Waals surface area contributed by atoms with Crippen LogP contribution < -0.4 is 9.64 Å². The zero-order valence-electron chi connectivity index (χ0n) is 16.7. The van der Waals surface area contributed by atoms with E-state index in [1.807, 2.05) is 19.9 Å². The molecule has 1 aromatic carbocycles. The van der Waals surface area contributed by atoms with Gasteiger partial charge in [0.05, 0.1) is 7.11 Å². The minimum Gasteiger partial charge on any atom is -0.496 e. The summed E-state index contributed by atoms with van der Waals surface area (Å²) in [5, 5.41) is 13.7. The van der Waals surface area contributed by atoms with Gasteiger partial charge in [-0.2, -0.15) is 4.98 Å². The highest BCUT2D eigenvalue weighted by Gasteiger charge is 2.29. The molecular formula is C20H30N4O3. The van der Waals surface area contributed by atoms with Gasteiger partial charge in [0, 0.05) is 44.7 Å². The highest BCUT2D eigenvalue weighted by molar-refractivity contribution is 5.36. The van der Waals surface area contributed by atoms with Crippen molar-refractivity contribution in [1.29, 1.82) is 0 Å². The first-order chi connectivity index (χ1) is 13.0. The van der Waals surface area contributed by atoms with Crippen LogP contribution in [0.3, 0.4) is 0 Å². The fourth-order valence-corrected chi connectivity index (χ4v) is 3.57. The number of hydrogen-bond donors (Lipinski definition) is 1. The van der Waals surface area contributed by atoms with E-state index in [0.717, 1.165) is 43.9 Å². The summed E-state index contributed by atoms with van der Waals surface area (Å²) in [6.45, 7) is 9.68. The third kappa shape index (κ3) is 4.59. The summed E-state index contributed by atoms with van der Waals surface area (Å²) >= 11 is 0. The first-order valence-corrected chi connectivity index (χ1v) is 9.58.